The van der Waals surface area contributed by atoms with Gasteiger partial charge in [0.2, 0.25) is 0 Å². The Balaban J connectivity index is -0.000000123. The van der Waals surface area contributed by atoms with Gasteiger partial charge in [-0.05, 0) is 86.4 Å². The highest BCUT2D eigenvalue weighted by atomic mass is 15.0. The molecular weight excluding hydrogens is 1340 g/mol. The van der Waals surface area contributed by atoms with Crippen LogP contribution < -0.4 is 0 Å². The van der Waals surface area contributed by atoms with Gasteiger partial charge in [0.05, 0.1) is 5.69 Å². The molecule has 8 heterocycles. The van der Waals surface area contributed by atoms with Gasteiger partial charge < -0.3 is 0 Å². The maximum atomic E-state index is 4.25. The van der Waals surface area contributed by atoms with Crippen LogP contribution in [0.25, 0.3) is 0 Å². The molecular formula is C95H170N14. The zero-order chi connectivity index (χ0) is 86.5. The van der Waals surface area contributed by atoms with E-state index in [1.807, 2.05) is 192 Å². The summed E-state index contributed by atoms with van der Waals surface area (Å²) >= 11 is 0. The summed E-state index contributed by atoms with van der Waals surface area (Å²) in [4.78, 5) is 56.4. The second-order valence-corrected chi connectivity index (χ2v) is 30.7. The predicted octanol–water partition coefficient (Wildman–Crippen LogP) is 28.3. The highest BCUT2D eigenvalue weighted by Gasteiger charge is 2.19. The van der Waals surface area contributed by atoms with E-state index in [4.69, 9.17) is 0 Å². The number of aromatic nitrogens is 14. The lowest BCUT2D eigenvalue weighted by molar-refractivity contribution is 0.541. The fourth-order valence-corrected chi connectivity index (χ4v) is 6.82. The standard InChI is InChI=1S/C10H14.3C9H13N.4C8H12N2.C7H11N3.9C2H6.CH4/c1-10(2,3)9-7-5-4-6-8-9;1-9(2,3)8-4-6-10-7-5-8;1-9(2,3)8-5-4-6-10-7-8;1-9(2,3)8-6-4-5-7-10-8;1-8(2,3)7-4-9-6-10-5-7;1-8(2,3)7-6-9-4-5-10-7;1-8(2,3)7-4-5-9-6-10-7;1-8(2,3)7-9-5-4-6-10-7;1-7(2,3)6-9-4-8-5-10-6;9*1-2;/h4-8H,1-3H3;3*4-7H,1-3H3;4*4-6H,1-3H3;4-5H,1-3H3;9*1-2H3;1H4. The summed E-state index contributed by atoms with van der Waals surface area (Å²) < 4.78 is 0. The van der Waals surface area contributed by atoms with Crippen LogP contribution in [0.4, 0.5) is 0 Å². The average molecular weight is 1510 g/mol. The van der Waals surface area contributed by atoms with E-state index in [0.717, 1.165) is 28.7 Å². The maximum Gasteiger partial charge on any atom is 0.137 e. The van der Waals surface area contributed by atoms with Gasteiger partial charge in [0.25, 0.3) is 0 Å². The Hall–Kier alpha value is -8.00. The first kappa shape index (κ1) is 122. The summed E-state index contributed by atoms with van der Waals surface area (Å²) in [5.41, 5.74) is 9.96. The minimum Gasteiger partial charge on any atom is -0.265 e. The highest BCUT2D eigenvalue weighted by Crippen LogP contribution is 2.25. The molecule has 0 saturated carbocycles. The van der Waals surface area contributed by atoms with Gasteiger partial charge in [0.1, 0.15) is 37.0 Å². The number of nitrogens with zero attached hydrogens (tertiary/aromatic N) is 14. The summed E-state index contributed by atoms with van der Waals surface area (Å²) in [7, 11) is 0. The molecule has 0 bridgehead atoms. The molecule has 9 aromatic rings. The average Bonchev–Trinajstić information content (AvgIpc) is 0.972. The first-order chi connectivity index (χ1) is 50.4. The molecule has 8 aromatic heterocycles. The SMILES string of the molecule is C.CC.CC.CC.CC.CC.CC.CC.CC.CC.CC(C)(C)c1ccccc1.CC(C)(C)c1ccccn1.CC(C)(C)c1cccnc1.CC(C)(C)c1ccncc1.CC(C)(C)c1ccncn1.CC(C)(C)c1cnccn1.CC(C)(C)c1cncnc1.CC(C)(C)c1ncccn1.CC(C)(C)c1ncncn1. The number of hydrogen-bond acceptors (Lipinski definition) is 14. The molecule has 14 heteroatoms. The Kier molecular flexibility index (Phi) is 78.8. The lowest BCUT2D eigenvalue weighted by Crippen LogP contribution is -2.15. The molecule has 0 aliphatic rings. The van der Waals surface area contributed by atoms with Crippen LogP contribution in [0.2, 0.25) is 0 Å². The molecule has 109 heavy (non-hydrogen) atoms. The van der Waals surface area contributed by atoms with Gasteiger partial charge >= 0.3 is 0 Å². The molecule has 9 rings (SSSR count). The van der Waals surface area contributed by atoms with Crippen molar-refractivity contribution in [3.63, 3.8) is 0 Å². The molecule has 0 amide bonds. The summed E-state index contributed by atoms with van der Waals surface area (Å²) in [6.07, 6.45) is 29.6. The van der Waals surface area contributed by atoms with Crippen LogP contribution in [-0.4, -0.2) is 69.8 Å². The number of rotatable bonds is 0. The Morgan fingerprint density at radius 2 is 0.505 bits per heavy atom. The van der Waals surface area contributed by atoms with Crippen molar-refractivity contribution in [1.82, 2.24) is 69.8 Å². The summed E-state index contributed by atoms with van der Waals surface area (Å²) in [5.74, 6) is 1.73. The van der Waals surface area contributed by atoms with E-state index < -0.39 is 0 Å². The first-order valence-corrected chi connectivity index (χ1v) is 39.9. The molecule has 0 aliphatic heterocycles. The predicted molar refractivity (Wildman–Crippen MR) is 484 cm³/mol. The van der Waals surface area contributed by atoms with Crippen molar-refractivity contribution in [3.8, 4) is 0 Å². The van der Waals surface area contributed by atoms with Crippen LogP contribution in [-0.2, 0) is 48.7 Å². The smallest absolute Gasteiger partial charge is 0.137 e. The van der Waals surface area contributed by atoms with E-state index in [1.165, 1.54) is 34.9 Å². The summed E-state index contributed by atoms with van der Waals surface area (Å²) in [5, 5.41) is 0. The zero-order valence-electron chi connectivity index (χ0n) is 78.2. The lowest BCUT2D eigenvalue weighted by atomic mass is 9.87. The molecule has 0 unspecified atom stereocenters. The monoisotopic (exact) mass is 1510 g/mol. The summed E-state index contributed by atoms with van der Waals surface area (Å²) in [6.45, 7) is 94.0. The second-order valence-electron chi connectivity index (χ2n) is 30.7. The quantitative estimate of drug-likeness (QED) is 0.140. The fraction of sp³-hybridized carbons (Fsp3) is 0.579. The Morgan fingerprint density at radius 3 is 0.752 bits per heavy atom. The maximum absolute atomic E-state index is 4.25. The number of benzene rings is 1. The molecule has 0 fully saturated rings. The minimum atomic E-state index is 0. The lowest BCUT2D eigenvalue weighted by Gasteiger charge is -2.18. The third-order valence-electron chi connectivity index (χ3n) is 12.7. The zero-order valence-corrected chi connectivity index (χ0v) is 78.2. The third kappa shape index (κ3) is 69.0. The molecule has 0 aliphatic carbocycles. The Morgan fingerprint density at radius 1 is 0.174 bits per heavy atom. The van der Waals surface area contributed by atoms with Crippen LogP contribution in [0, 0.1) is 0 Å². The van der Waals surface area contributed by atoms with Gasteiger partial charge in [0.15, 0.2) is 0 Å². The molecule has 0 atom stereocenters. The fourth-order valence-electron chi connectivity index (χ4n) is 6.82. The molecule has 0 N–H and O–H groups in total. The van der Waals surface area contributed by atoms with Crippen LogP contribution in [0.1, 0.15) is 370 Å². The largest absolute Gasteiger partial charge is 0.265 e. The van der Waals surface area contributed by atoms with Crippen molar-refractivity contribution in [1.29, 1.82) is 0 Å². The minimum absolute atomic E-state index is 0. The first-order valence-electron chi connectivity index (χ1n) is 39.9. The van der Waals surface area contributed by atoms with Gasteiger partial charge in [-0.2, -0.15) is 0 Å². The molecule has 0 radical (unpaired) electrons. The van der Waals surface area contributed by atoms with Crippen molar-refractivity contribution in [2.75, 3.05) is 0 Å². The van der Waals surface area contributed by atoms with E-state index >= 15 is 0 Å². The van der Waals surface area contributed by atoms with Crippen LogP contribution in [0.5, 0.6) is 0 Å². The van der Waals surface area contributed by atoms with Gasteiger partial charge in [-0.3, -0.25) is 24.9 Å². The van der Waals surface area contributed by atoms with Crippen LogP contribution >= 0.6 is 0 Å². The van der Waals surface area contributed by atoms with Crippen molar-refractivity contribution in [3.05, 3.63) is 242 Å². The number of hydrogen-bond donors (Lipinski definition) is 0. The van der Waals surface area contributed by atoms with Crippen molar-refractivity contribution in [2.45, 2.75) is 368 Å². The van der Waals surface area contributed by atoms with E-state index in [0.29, 0.717) is 5.41 Å². The van der Waals surface area contributed by atoms with E-state index in [9.17, 15) is 0 Å². The topological polar surface area (TPSA) is 180 Å². The van der Waals surface area contributed by atoms with Crippen LogP contribution in [0.15, 0.2) is 191 Å². The van der Waals surface area contributed by atoms with Gasteiger partial charge in [0, 0.05) is 119 Å². The van der Waals surface area contributed by atoms with Gasteiger partial charge in [-0.15, -0.1) is 0 Å². The molecule has 0 saturated heterocycles. The molecule has 0 spiro atoms. The van der Waals surface area contributed by atoms with Gasteiger partial charge in [-0.1, -0.05) is 361 Å². The normalized spacial score (nSPS) is 9.99. The molecule has 620 valence electrons. The Bertz CT molecular complexity index is 2490. The van der Waals surface area contributed by atoms with Crippen molar-refractivity contribution >= 4 is 0 Å². The van der Waals surface area contributed by atoms with Crippen molar-refractivity contribution < 1.29 is 0 Å². The molecule has 14 nitrogen and oxygen atoms in total. The second kappa shape index (κ2) is 70.4. The highest BCUT2D eigenvalue weighted by molar-refractivity contribution is 5.23. The van der Waals surface area contributed by atoms with E-state index in [1.54, 1.807) is 56.0 Å². The van der Waals surface area contributed by atoms with Crippen LogP contribution in [0.3, 0.4) is 0 Å². The third-order valence-corrected chi connectivity index (χ3v) is 12.7. The summed E-state index contributed by atoms with van der Waals surface area (Å²) in [6, 6.07) is 28.5. The van der Waals surface area contributed by atoms with Crippen molar-refractivity contribution in [2.24, 2.45) is 0 Å². The number of pyridine rings is 3. The van der Waals surface area contributed by atoms with E-state index in [-0.39, 0.29) is 50.7 Å². The Labute approximate surface area is 675 Å². The molecule has 1 aromatic carbocycles. The van der Waals surface area contributed by atoms with E-state index in [2.05, 4.69) is 311 Å². The van der Waals surface area contributed by atoms with Gasteiger partial charge in [-0.25, -0.2) is 44.9 Å².